The number of ether oxygens (including phenoxy) is 2. The lowest BCUT2D eigenvalue weighted by Gasteiger charge is -2.35. The summed E-state index contributed by atoms with van der Waals surface area (Å²) < 4.78 is 10.6. The first-order valence-electron chi connectivity index (χ1n) is 11.3. The van der Waals surface area contributed by atoms with Gasteiger partial charge in [0.25, 0.3) is 0 Å². The first kappa shape index (κ1) is 23.0. The number of methoxy groups -OCH3 is 1. The number of aromatic nitrogens is 2. The summed E-state index contributed by atoms with van der Waals surface area (Å²) in [6.07, 6.45) is 6.23. The van der Waals surface area contributed by atoms with E-state index in [0.29, 0.717) is 31.6 Å². The van der Waals surface area contributed by atoms with Gasteiger partial charge in [0.1, 0.15) is 11.8 Å². The molecule has 1 aromatic carbocycles. The Morgan fingerprint density at radius 2 is 2.03 bits per heavy atom. The maximum atomic E-state index is 11.8. The van der Waals surface area contributed by atoms with E-state index in [-0.39, 0.29) is 5.97 Å². The van der Waals surface area contributed by atoms with Crippen LogP contribution < -0.4 is 4.90 Å². The number of rotatable bonds is 8. The molecule has 2 aliphatic rings. The van der Waals surface area contributed by atoms with Crippen molar-refractivity contribution in [3.05, 3.63) is 36.2 Å². The van der Waals surface area contributed by atoms with Crippen LogP contribution in [0.25, 0.3) is 0 Å². The van der Waals surface area contributed by atoms with Crippen LogP contribution in [-0.2, 0) is 20.8 Å². The Morgan fingerprint density at radius 1 is 1.25 bits per heavy atom. The molecule has 2 aromatic rings. The second-order valence-electron chi connectivity index (χ2n) is 8.54. The second kappa shape index (κ2) is 10.6. The van der Waals surface area contributed by atoms with Gasteiger partial charge < -0.3 is 9.47 Å². The van der Waals surface area contributed by atoms with Gasteiger partial charge in [-0.1, -0.05) is 24.8 Å². The monoisotopic (exact) mass is 456 g/mol. The highest BCUT2D eigenvalue weighted by atomic mass is 32.2. The van der Waals surface area contributed by atoms with Crippen molar-refractivity contribution in [2.75, 3.05) is 38.4 Å². The third-order valence-electron chi connectivity index (χ3n) is 6.32. The first-order chi connectivity index (χ1) is 15.6. The number of carbonyl (C=O) groups excluding carboxylic acids is 1. The lowest BCUT2D eigenvalue weighted by molar-refractivity contribution is -0.144. The molecule has 0 N–H and O–H groups in total. The quantitative estimate of drug-likeness (QED) is 0.539. The third kappa shape index (κ3) is 5.24. The van der Waals surface area contributed by atoms with E-state index in [0.717, 1.165) is 49.0 Å². The number of piperidine rings is 1. The zero-order valence-corrected chi connectivity index (χ0v) is 19.9. The Bertz CT molecular complexity index is 933. The van der Waals surface area contributed by atoms with Gasteiger partial charge in [0.2, 0.25) is 0 Å². The fourth-order valence-corrected chi connectivity index (χ4v) is 5.59. The fourth-order valence-electron chi connectivity index (χ4n) is 4.60. The van der Waals surface area contributed by atoms with Gasteiger partial charge in [-0.05, 0) is 62.4 Å². The number of carbonyl (C=O) groups is 1. The van der Waals surface area contributed by atoms with Gasteiger partial charge in [0, 0.05) is 37.4 Å². The first-order valence-corrected chi connectivity index (χ1v) is 12.2. The Morgan fingerprint density at radius 3 is 2.78 bits per heavy atom. The topological polar surface area (TPSA) is 67.8 Å². The standard InChI is InChI=1S/C24H32N4O3S/c1-4-31-22(29)13-17(2)19-7-11-27(12-8-19)15-18-5-6-21-20(14-18)28(16-30-3)23-24(32-21)26-10-9-25-23/h5-6,9-10,14,17,19H,4,7-8,11-13,15-16H2,1-3H3. The molecular formula is C24H32N4O3S. The fraction of sp³-hybridized carbons (Fsp3) is 0.542. The van der Waals surface area contributed by atoms with Crippen LogP contribution >= 0.6 is 11.8 Å². The van der Waals surface area contributed by atoms with Crippen molar-refractivity contribution in [3.63, 3.8) is 0 Å². The molecule has 1 atom stereocenters. The molecule has 1 fully saturated rings. The molecule has 0 amide bonds. The van der Waals surface area contributed by atoms with E-state index in [4.69, 9.17) is 9.47 Å². The van der Waals surface area contributed by atoms with Crippen LogP contribution in [0.4, 0.5) is 11.5 Å². The molecule has 2 aliphatic heterocycles. The van der Waals surface area contributed by atoms with Gasteiger partial charge in [0.15, 0.2) is 5.82 Å². The van der Waals surface area contributed by atoms with Crippen molar-refractivity contribution in [3.8, 4) is 0 Å². The molecule has 7 nitrogen and oxygen atoms in total. The summed E-state index contributed by atoms with van der Waals surface area (Å²) in [5.41, 5.74) is 2.41. The largest absolute Gasteiger partial charge is 0.466 e. The molecule has 1 unspecified atom stereocenters. The van der Waals surface area contributed by atoms with E-state index in [1.54, 1.807) is 31.3 Å². The SMILES string of the molecule is CCOC(=O)CC(C)C1CCN(Cc2ccc3c(c2)N(COC)c2nccnc2S3)CC1. The lowest BCUT2D eigenvalue weighted by atomic mass is 9.83. The minimum atomic E-state index is -0.0683. The van der Waals surface area contributed by atoms with Gasteiger partial charge in [-0.2, -0.15) is 0 Å². The number of fused-ring (bicyclic) bond motifs is 2. The number of anilines is 2. The summed E-state index contributed by atoms with van der Waals surface area (Å²) in [5, 5.41) is 0.906. The predicted octanol–water partition coefficient (Wildman–Crippen LogP) is 4.48. The van der Waals surface area contributed by atoms with E-state index in [1.807, 2.05) is 6.92 Å². The predicted molar refractivity (Wildman–Crippen MR) is 125 cm³/mol. The van der Waals surface area contributed by atoms with E-state index >= 15 is 0 Å². The van der Waals surface area contributed by atoms with Crippen LogP contribution in [0, 0.1) is 11.8 Å². The second-order valence-corrected chi connectivity index (χ2v) is 9.57. The van der Waals surface area contributed by atoms with E-state index in [1.165, 1.54) is 10.5 Å². The molecule has 0 bridgehead atoms. The molecule has 8 heteroatoms. The summed E-state index contributed by atoms with van der Waals surface area (Å²) in [4.78, 5) is 26.6. The summed E-state index contributed by atoms with van der Waals surface area (Å²) in [5.74, 6) is 1.74. The van der Waals surface area contributed by atoms with Crippen molar-refractivity contribution in [2.24, 2.45) is 11.8 Å². The van der Waals surface area contributed by atoms with Crippen LogP contribution in [0.1, 0.15) is 38.7 Å². The Balaban J connectivity index is 1.39. The zero-order valence-electron chi connectivity index (χ0n) is 19.1. The maximum Gasteiger partial charge on any atom is 0.306 e. The minimum absolute atomic E-state index is 0.0683. The van der Waals surface area contributed by atoms with Crippen LogP contribution in [0.15, 0.2) is 40.5 Å². The summed E-state index contributed by atoms with van der Waals surface area (Å²) in [7, 11) is 1.70. The van der Waals surface area contributed by atoms with Gasteiger partial charge in [-0.3, -0.25) is 14.6 Å². The number of likely N-dealkylation sites (tertiary alicyclic amines) is 1. The van der Waals surface area contributed by atoms with Gasteiger partial charge in [-0.15, -0.1) is 0 Å². The highest BCUT2D eigenvalue weighted by Crippen LogP contribution is 2.46. The van der Waals surface area contributed by atoms with Crippen LogP contribution in [-0.4, -0.2) is 54.4 Å². The molecule has 0 spiro atoms. The van der Waals surface area contributed by atoms with Gasteiger partial charge in [0.05, 0.1) is 12.3 Å². The van der Waals surface area contributed by atoms with Crippen molar-refractivity contribution in [1.82, 2.24) is 14.9 Å². The molecule has 3 heterocycles. The van der Waals surface area contributed by atoms with Crippen LogP contribution in [0.5, 0.6) is 0 Å². The molecule has 1 saturated heterocycles. The molecular weight excluding hydrogens is 424 g/mol. The van der Waals surface area contributed by atoms with Crippen molar-refractivity contribution in [2.45, 2.75) is 49.6 Å². The summed E-state index contributed by atoms with van der Waals surface area (Å²) in [6.45, 7) is 7.98. The Kier molecular flexibility index (Phi) is 7.65. The van der Waals surface area contributed by atoms with Crippen molar-refractivity contribution >= 4 is 29.2 Å². The summed E-state index contributed by atoms with van der Waals surface area (Å²) >= 11 is 1.66. The number of nitrogens with zero attached hydrogens (tertiary/aromatic N) is 4. The normalized spacial score (nSPS) is 17.5. The van der Waals surface area contributed by atoms with E-state index in [9.17, 15) is 4.79 Å². The van der Waals surface area contributed by atoms with E-state index in [2.05, 4.69) is 44.9 Å². The average Bonchev–Trinajstić information content (AvgIpc) is 2.80. The molecule has 32 heavy (non-hydrogen) atoms. The molecule has 1 aromatic heterocycles. The van der Waals surface area contributed by atoms with Gasteiger partial charge >= 0.3 is 5.97 Å². The number of hydrogen-bond acceptors (Lipinski definition) is 8. The maximum absolute atomic E-state index is 11.8. The Hall–Kier alpha value is -2.16. The highest BCUT2D eigenvalue weighted by Gasteiger charge is 2.28. The molecule has 172 valence electrons. The minimum Gasteiger partial charge on any atom is -0.466 e. The highest BCUT2D eigenvalue weighted by molar-refractivity contribution is 7.99. The average molecular weight is 457 g/mol. The third-order valence-corrected chi connectivity index (χ3v) is 7.36. The molecule has 0 saturated carbocycles. The van der Waals surface area contributed by atoms with Gasteiger partial charge in [-0.25, -0.2) is 9.97 Å². The smallest absolute Gasteiger partial charge is 0.306 e. The number of benzene rings is 1. The lowest BCUT2D eigenvalue weighted by Crippen LogP contribution is -2.35. The number of hydrogen-bond donors (Lipinski definition) is 0. The Labute approximate surface area is 194 Å². The van der Waals surface area contributed by atoms with E-state index < -0.39 is 0 Å². The molecule has 4 rings (SSSR count). The van der Waals surface area contributed by atoms with Crippen LogP contribution in [0.2, 0.25) is 0 Å². The van der Waals surface area contributed by atoms with Crippen molar-refractivity contribution in [1.29, 1.82) is 0 Å². The molecule has 0 aliphatic carbocycles. The van der Waals surface area contributed by atoms with Crippen molar-refractivity contribution < 1.29 is 14.3 Å². The summed E-state index contributed by atoms with van der Waals surface area (Å²) in [6, 6.07) is 6.66. The molecule has 0 radical (unpaired) electrons. The number of esters is 1. The zero-order chi connectivity index (χ0) is 22.5. The van der Waals surface area contributed by atoms with Crippen LogP contribution in [0.3, 0.4) is 0 Å².